The fraction of sp³-hybridized carbons (Fsp3) is 0.600. The molecule has 1 saturated heterocycles. The molecule has 1 aliphatic rings. The summed E-state index contributed by atoms with van der Waals surface area (Å²) >= 11 is 1.83. The molecule has 1 amide bonds. The number of carbonyl (C=O) groups excluding carboxylic acids is 1. The summed E-state index contributed by atoms with van der Waals surface area (Å²) in [6.45, 7) is 7.30. The first kappa shape index (κ1) is 15.2. The summed E-state index contributed by atoms with van der Waals surface area (Å²) in [5.74, 6) is 1.57. The van der Waals surface area contributed by atoms with Crippen LogP contribution in [0.3, 0.4) is 0 Å². The molecule has 1 aliphatic heterocycles. The number of pyridine rings is 1. The zero-order valence-electron chi connectivity index (χ0n) is 12.3. The minimum atomic E-state index is -0.416. The van der Waals surface area contributed by atoms with Crippen LogP contribution in [-0.4, -0.2) is 40.4 Å². The van der Waals surface area contributed by atoms with Crippen LogP contribution in [0.1, 0.15) is 27.2 Å². The SMILES string of the molecule is CC(C)(C)OC(=O)N1CC[C@@H](CSc2ccncc2)C1. The van der Waals surface area contributed by atoms with Crippen LogP contribution in [0.2, 0.25) is 0 Å². The largest absolute Gasteiger partial charge is 0.444 e. The van der Waals surface area contributed by atoms with Gasteiger partial charge in [0, 0.05) is 36.1 Å². The first-order valence-corrected chi connectivity index (χ1v) is 7.93. The van der Waals surface area contributed by atoms with Crippen LogP contribution in [0.15, 0.2) is 29.4 Å². The van der Waals surface area contributed by atoms with Gasteiger partial charge in [-0.05, 0) is 45.2 Å². The Labute approximate surface area is 124 Å². The molecule has 4 nitrogen and oxygen atoms in total. The van der Waals surface area contributed by atoms with Crippen molar-refractivity contribution >= 4 is 17.9 Å². The molecule has 110 valence electrons. The summed E-state index contributed by atoms with van der Waals surface area (Å²) in [6, 6.07) is 4.04. The summed E-state index contributed by atoms with van der Waals surface area (Å²) in [5, 5.41) is 0. The average molecular weight is 294 g/mol. The fourth-order valence-corrected chi connectivity index (χ4v) is 3.12. The molecule has 0 unspecified atom stereocenters. The Balaban J connectivity index is 1.76. The van der Waals surface area contributed by atoms with Gasteiger partial charge in [0.05, 0.1) is 0 Å². The lowest BCUT2D eigenvalue weighted by Crippen LogP contribution is -2.35. The van der Waals surface area contributed by atoms with Crippen molar-refractivity contribution in [2.75, 3.05) is 18.8 Å². The Bertz CT molecular complexity index is 445. The number of amides is 1. The third-order valence-corrected chi connectivity index (χ3v) is 4.32. The van der Waals surface area contributed by atoms with Gasteiger partial charge in [0.25, 0.3) is 0 Å². The van der Waals surface area contributed by atoms with Gasteiger partial charge >= 0.3 is 6.09 Å². The highest BCUT2D eigenvalue weighted by atomic mass is 32.2. The van der Waals surface area contributed by atoms with Crippen molar-refractivity contribution in [2.24, 2.45) is 5.92 Å². The zero-order chi connectivity index (χ0) is 14.6. The van der Waals surface area contributed by atoms with Gasteiger partial charge < -0.3 is 9.64 Å². The summed E-state index contributed by atoms with van der Waals surface area (Å²) in [4.78, 5) is 19.0. The van der Waals surface area contributed by atoms with Crippen molar-refractivity contribution in [3.05, 3.63) is 24.5 Å². The van der Waals surface area contributed by atoms with E-state index in [0.29, 0.717) is 5.92 Å². The number of carbonyl (C=O) groups is 1. The van der Waals surface area contributed by atoms with Gasteiger partial charge in [-0.3, -0.25) is 4.98 Å². The van der Waals surface area contributed by atoms with Crippen LogP contribution in [-0.2, 0) is 4.74 Å². The van der Waals surface area contributed by atoms with E-state index in [-0.39, 0.29) is 6.09 Å². The number of hydrogen-bond acceptors (Lipinski definition) is 4. The minimum Gasteiger partial charge on any atom is -0.444 e. The van der Waals surface area contributed by atoms with Crippen LogP contribution in [0.4, 0.5) is 4.79 Å². The first-order valence-electron chi connectivity index (χ1n) is 6.95. The molecule has 0 N–H and O–H groups in total. The Kier molecular flexibility index (Phi) is 4.91. The standard InChI is InChI=1S/C15H22N2O2S/c1-15(2,3)19-14(18)17-9-6-12(10-17)11-20-13-4-7-16-8-5-13/h4-5,7-8,12H,6,9-11H2,1-3H3/t12-/m1/s1. The van der Waals surface area contributed by atoms with E-state index in [1.165, 1.54) is 4.90 Å². The monoisotopic (exact) mass is 294 g/mol. The van der Waals surface area contributed by atoms with Crippen LogP contribution >= 0.6 is 11.8 Å². The molecular weight excluding hydrogens is 272 g/mol. The molecule has 0 aromatic carbocycles. The van der Waals surface area contributed by atoms with Gasteiger partial charge in [-0.25, -0.2) is 4.79 Å². The molecule has 1 atom stereocenters. The van der Waals surface area contributed by atoms with Crippen LogP contribution in [0.25, 0.3) is 0 Å². The smallest absolute Gasteiger partial charge is 0.410 e. The van der Waals surface area contributed by atoms with E-state index in [2.05, 4.69) is 4.98 Å². The van der Waals surface area contributed by atoms with E-state index in [1.54, 1.807) is 0 Å². The molecule has 1 fully saturated rings. The molecule has 0 spiro atoms. The van der Waals surface area contributed by atoms with Crippen LogP contribution in [0, 0.1) is 5.92 Å². The highest BCUT2D eigenvalue weighted by Gasteiger charge is 2.29. The predicted molar refractivity (Wildman–Crippen MR) is 80.9 cm³/mol. The zero-order valence-corrected chi connectivity index (χ0v) is 13.2. The van der Waals surface area contributed by atoms with Gasteiger partial charge in [0.15, 0.2) is 0 Å². The molecule has 1 aromatic rings. The van der Waals surface area contributed by atoms with E-state index in [9.17, 15) is 4.79 Å². The number of aromatic nitrogens is 1. The average Bonchev–Trinajstić information content (AvgIpc) is 2.84. The van der Waals surface area contributed by atoms with E-state index < -0.39 is 5.60 Å². The Morgan fingerprint density at radius 3 is 2.80 bits per heavy atom. The molecule has 1 aromatic heterocycles. The number of thioether (sulfide) groups is 1. The quantitative estimate of drug-likeness (QED) is 0.801. The summed E-state index contributed by atoms with van der Waals surface area (Å²) < 4.78 is 5.40. The minimum absolute atomic E-state index is 0.186. The number of hydrogen-bond donors (Lipinski definition) is 0. The lowest BCUT2D eigenvalue weighted by atomic mass is 10.2. The van der Waals surface area contributed by atoms with Crippen molar-refractivity contribution in [1.29, 1.82) is 0 Å². The highest BCUT2D eigenvalue weighted by Crippen LogP contribution is 2.26. The number of rotatable bonds is 3. The summed E-state index contributed by atoms with van der Waals surface area (Å²) in [6.07, 6.45) is 4.49. The highest BCUT2D eigenvalue weighted by molar-refractivity contribution is 7.99. The van der Waals surface area contributed by atoms with Gasteiger partial charge in [0.2, 0.25) is 0 Å². The van der Waals surface area contributed by atoms with E-state index in [0.717, 1.165) is 25.3 Å². The van der Waals surface area contributed by atoms with Gasteiger partial charge in [-0.15, -0.1) is 11.8 Å². The Morgan fingerprint density at radius 1 is 1.45 bits per heavy atom. The fourth-order valence-electron chi connectivity index (χ4n) is 2.11. The molecule has 0 saturated carbocycles. The van der Waals surface area contributed by atoms with Gasteiger partial charge in [0.1, 0.15) is 5.60 Å². The molecule has 5 heteroatoms. The molecule has 0 bridgehead atoms. The molecule has 0 radical (unpaired) electrons. The number of likely N-dealkylation sites (tertiary alicyclic amines) is 1. The first-order chi connectivity index (χ1) is 9.44. The predicted octanol–water partition coefficient (Wildman–Crippen LogP) is 3.43. The maximum atomic E-state index is 12.0. The Morgan fingerprint density at radius 2 is 2.15 bits per heavy atom. The summed E-state index contributed by atoms with van der Waals surface area (Å²) in [7, 11) is 0. The topological polar surface area (TPSA) is 42.4 Å². The molecule has 2 rings (SSSR count). The van der Waals surface area contributed by atoms with Crippen LogP contribution in [0.5, 0.6) is 0 Å². The van der Waals surface area contributed by atoms with E-state index in [4.69, 9.17) is 4.74 Å². The van der Waals surface area contributed by atoms with Crippen molar-refractivity contribution in [2.45, 2.75) is 37.7 Å². The van der Waals surface area contributed by atoms with Gasteiger partial charge in [-0.1, -0.05) is 0 Å². The van der Waals surface area contributed by atoms with Crippen molar-refractivity contribution in [3.63, 3.8) is 0 Å². The number of ether oxygens (including phenoxy) is 1. The lowest BCUT2D eigenvalue weighted by Gasteiger charge is -2.24. The summed E-state index contributed by atoms with van der Waals surface area (Å²) in [5.41, 5.74) is -0.416. The Hall–Kier alpha value is -1.23. The molecule has 20 heavy (non-hydrogen) atoms. The van der Waals surface area contributed by atoms with E-state index >= 15 is 0 Å². The normalized spacial score (nSPS) is 19.1. The van der Waals surface area contributed by atoms with E-state index in [1.807, 2.05) is 62.0 Å². The van der Waals surface area contributed by atoms with Crippen molar-refractivity contribution in [1.82, 2.24) is 9.88 Å². The second-order valence-electron chi connectivity index (χ2n) is 6.07. The number of nitrogens with zero attached hydrogens (tertiary/aromatic N) is 2. The maximum Gasteiger partial charge on any atom is 0.410 e. The molecule has 2 heterocycles. The third-order valence-electron chi connectivity index (χ3n) is 3.07. The lowest BCUT2D eigenvalue weighted by molar-refractivity contribution is 0.0289. The van der Waals surface area contributed by atoms with Gasteiger partial charge in [-0.2, -0.15) is 0 Å². The third kappa shape index (κ3) is 4.71. The molecule has 0 aliphatic carbocycles. The van der Waals surface area contributed by atoms with Crippen molar-refractivity contribution in [3.8, 4) is 0 Å². The van der Waals surface area contributed by atoms with Crippen molar-refractivity contribution < 1.29 is 9.53 Å². The second kappa shape index (κ2) is 6.48. The maximum absolute atomic E-state index is 12.0. The second-order valence-corrected chi connectivity index (χ2v) is 7.17. The molecular formula is C15H22N2O2S. The van der Waals surface area contributed by atoms with Crippen LogP contribution < -0.4 is 0 Å².